The Kier molecular flexibility index (Phi) is 6.59. The summed E-state index contributed by atoms with van der Waals surface area (Å²) in [7, 11) is 1.99. The Morgan fingerprint density at radius 2 is 2.08 bits per heavy atom. The normalized spacial score (nSPS) is 15.2. The number of rotatable bonds is 6. The predicted molar refractivity (Wildman–Crippen MR) is 107 cm³/mol. The van der Waals surface area contributed by atoms with Gasteiger partial charge in [-0.15, -0.1) is 10.2 Å². The van der Waals surface area contributed by atoms with Crippen LogP contribution in [0, 0.1) is 12.8 Å². The molecule has 1 N–H and O–H groups in total. The van der Waals surface area contributed by atoms with Crippen molar-refractivity contribution in [3.63, 3.8) is 0 Å². The van der Waals surface area contributed by atoms with Gasteiger partial charge in [0.1, 0.15) is 5.82 Å². The Hall–Kier alpha value is -1.53. The van der Waals surface area contributed by atoms with Crippen molar-refractivity contribution in [2.45, 2.75) is 50.6 Å². The molecule has 0 radical (unpaired) electrons. The number of nitrogens with zero attached hydrogens (tertiary/aromatic N) is 3. The number of halogens is 1. The SMILES string of the molecule is Cc1ccc(Cl)cc1NC(=O)CSc1nnc(CC2CCCCC2)n1C. The Bertz CT molecular complexity index is 771. The quantitative estimate of drug-likeness (QED) is 0.728. The molecule has 0 aliphatic heterocycles. The highest BCUT2D eigenvalue weighted by molar-refractivity contribution is 7.99. The Morgan fingerprint density at radius 1 is 1.31 bits per heavy atom. The van der Waals surface area contributed by atoms with Crippen LogP contribution in [-0.4, -0.2) is 26.4 Å². The number of carbonyl (C=O) groups excluding carboxylic acids is 1. The summed E-state index contributed by atoms with van der Waals surface area (Å²) < 4.78 is 2.02. The first-order valence-electron chi connectivity index (χ1n) is 9.10. The lowest BCUT2D eigenvalue weighted by Gasteiger charge is -2.20. The number of aromatic nitrogens is 3. The van der Waals surface area contributed by atoms with Crippen LogP contribution in [0.15, 0.2) is 23.4 Å². The number of thioether (sulfide) groups is 1. The molecule has 0 unspecified atom stereocenters. The monoisotopic (exact) mass is 392 g/mol. The third-order valence-corrected chi connectivity index (χ3v) is 6.18. The summed E-state index contributed by atoms with van der Waals surface area (Å²) in [4.78, 5) is 12.3. The van der Waals surface area contributed by atoms with Gasteiger partial charge in [0.25, 0.3) is 0 Å². The summed E-state index contributed by atoms with van der Waals surface area (Å²) in [5.74, 6) is 1.96. The maximum atomic E-state index is 12.3. The zero-order valence-electron chi connectivity index (χ0n) is 15.3. The Labute approximate surface area is 163 Å². The minimum atomic E-state index is -0.0720. The maximum absolute atomic E-state index is 12.3. The summed E-state index contributed by atoms with van der Waals surface area (Å²) in [5.41, 5.74) is 1.74. The van der Waals surface area contributed by atoms with Gasteiger partial charge in [0.2, 0.25) is 5.91 Å². The topological polar surface area (TPSA) is 59.8 Å². The minimum Gasteiger partial charge on any atom is -0.325 e. The van der Waals surface area contributed by atoms with Crippen molar-refractivity contribution in [3.8, 4) is 0 Å². The van der Waals surface area contributed by atoms with E-state index in [9.17, 15) is 4.79 Å². The second kappa shape index (κ2) is 8.91. The van der Waals surface area contributed by atoms with Crippen molar-refractivity contribution in [2.75, 3.05) is 11.1 Å². The zero-order chi connectivity index (χ0) is 18.5. The van der Waals surface area contributed by atoms with Crippen LogP contribution in [0.1, 0.15) is 43.5 Å². The molecule has 5 nitrogen and oxygen atoms in total. The highest BCUT2D eigenvalue weighted by Crippen LogP contribution is 2.27. The van der Waals surface area contributed by atoms with Gasteiger partial charge in [0.15, 0.2) is 5.16 Å². The highest BCUT2D eigenvalue weighted by atomic mass is 35.5. The smallest absolute Gasteiger partial charge is 0.234 e. The van der Waals surface area contributed by atoms with E-state index < -0.39 is 0 Å². The lowest BCUT2D eigenvalue weighted by molar-refractivity contribution is -0.113. The van der Waals surface area contributed by atoms with E-state index in [0.717, 1.165) is 34.6 Å². The molecule has 7 heteroatoms. The van der Waals surface area contributed by atoms with Crippen LogP contribution in [0.3, 0.4) is 0 Å². The number of carbonyl (C=O) groups is 1. The van der Waals surface area contributed by atoms with Crippen molar-refractivity contribution >= 4 is 35.0 Å². The van der Waals surface area contributed by atoms with E-state index in [4.69, 9.17) is 11.6 Å². The number of nitrogens with one attached hydrogen (secondary N) is 1. The molecule has 1 fully saturated rings. The molecule has 1 aromatic heterocycles. The molecule has 1 amide bonds. The number of aryl methyl sites for hydroxylation is 1. The summed E-state index contributed by atoms with van der Waals surface area (Å²) >= 11 is 7.41. The van der Waals surface area contributed by atoms with Crippen LogP contribution in [-0.2, 0) is 18.3 Å². The van der Waals surface area contributed by atoms with E-state index in [-0.39, 0.29) is 5.91 Å². The van der Waals surface area contributed by atoms with Crippen LogP contribution < -0.4 is 5.32 Å². The van der Waals surface area contributed by atoms with E-state index in [2.05, 4.69) is 15.5 Å². The van der Waals surface area contributed by atoms with Gasteiger partial charge in [-0.2, -0.15) is 0 Å². The standard InChI is InChI=1S/C19H25ClN4OS/c1-13-8-9-15(20)11-16(13)21-18(25)12-26-19-23-22-17(24(19)2)10-14-6-4-3-5-7-14/h8-9,11,14H,3-7,10,12H2,1-2H3,(H,21,25). The summed E-state index contributed by atoms with van der Waals surface area (Å²) in [5, 5.41) is 12.9. The van der Waals surface area contributed by atoms with Crippen molar-refractivity contribution in [1.29, 1.82) is 0 Å². The average molecular weight is 393 g/mol. The van der Waals surface area contributed by atoms with Gasteiger partial charge in [0, 0.05) is 24.2 Å². The lowest BCUT2D eigenvalue weighted by Crippen LogP contribution is -2.15. The molecular formula is C19H25ClN4OS. The van der Waals surface area contributed by atoms with Crippen molar-refractivity contribution in [3.05, 3.63) is 34.6 Å². The van der Waals surface area contributed by atoms with Crippen molar-refractivity contribution < 1.29 is 4.79 Å². The van der Waals surface area contributed by atoms with E-state index in [1.165, 1.54) is 43.9 Å². The van der Waals surface area contributed by atoms with Crippen LogP contribution in [0.25, 0.3) is 0 Å². The summed E-state index contributed by atoms with van der Waals surface area (Å²) in [6.07, 6.45) is 7.57. The van der Waals surface area contributed by atoms with Gasteiger partial charge >= 0.3 is 0 Å². The van der Waals surface area contributed by atoms with Crippen LogP contribution in [0.4, 0.5) is 5.69 Å². The van der Waals surface area contributed by atoms with E-state index in [0.29, 0.717) is 10.8 Å². The predicted octanol–water partition coefficient (Wildman–Crippen LogP) is 4.63. The van der Waals surface area contributed by atoms with Gasteiger partial charge in [-0.25, -0.2) is 0 Å². The molecule has 0 spiro atoms. The molecule has 3 rings (SSSR count). The fourth-order valence-corrected chi connectivity index (χ4v) is 4.25. The van der Waals surface area contributed by atoms with E-state index in [1.54, 1.807) is 6.07 Å². The third kappa shape index (κ3) is 5.01. The molecule has 1 aromatic carbocycles. The van der Waals surface area contributed by atoms with E-state index >= 15 is 0 Å². The fraction of sp³-hybridized carbons (Fsp3) is 0.526. The van der Waals surface area contributed by atoms with E-state index in [1.807, 2.05) is 30.7 Å². The first-order chi connectivity index (χ1) is 12.5. The van der Waals surface area contributed by atoms with Gasteiger partial charge in [-0.1, -0.05) is 61.5 Å². The lowest BCUT2D eigenvalue weighted by atomic mass is 9.87. The molecule has 1 saturated carbocycles. The summed E-state index contributed by atoms with van der Waals surface area (Å²) in [6, 6.07) is 5.48. The van der Waals surface area contributed by atoms with Crippen molar-refractivity contribution in [1.82, 2.24) is 14.8 Å². The number of benzene rings is 1. The van der Waals surface area contributed by atoms with Gasteiger partial charge in [0.05, 0.1) is 5.75 Å². The first-order valence-corrected chi connectivity index (χ1v) is 10.5. The van der Waals surface area contributed by atoms with Gasteiger partial charge in [-0.05, 0) is 30.5 Å². The molecule has 1 heterocycles. The average Bonchev–Trinajstić information content (AvgIpc) is 2.97. The van der Waals surface area contributed by atoms with Gasteiger partial charge < -0.3 is 9.88 Å². The van der Waals surface area contributed by atoms with Crippen molar-refractivity contribution in [2.24, 2.45) is 13.0 Å². The zero-order valence-corrected chi connectivity index (χ0v) is 16.9. The van der Waals surface area contributed by atoms with Crippen LogP contribution >= 0.6 is 23.4 Å². The molecule has 1 aliphatic carbocycles. The number of hydrogen-bond acceptors (Lipinski definition) is 4. The number of hydrogen-bond donors (Lipinski definition) is 1. The third-order valence-electron chi connectivity index (χ3n) is 4.93. The number of anilines is 1. The molecule has 140 valence electrons. The minimum absolute atomic E-state index is 0.0720. The van der Waals surface area contributed by atoms with Gasteiger partial charge in [-0.3, -0.25) is 4.79 Å². The maximum Gasteiger partial charge on any atom is 0.234 e. The van der Waals surface area contributed by atoms with Crippen LogP contribution in [0.5, 0.6) is 0 Å². The second-order valence-electron chi connectivity index (χ2n) is 6.96. The number of amides is 1. The molecule has 26 heavy (non-hydrogen) atoms. The molecule has 2 aromatic rings. The fourth-order valence-electron chi connectivity index (χ4n) is 3.34. The molecule has 1 aliphatic rings. The molecule has 0 atom stereocenters. The second-order valence-corrected chi connectivity index (χ2v) is 8.34. The first kappa shape index (κ1) is 19.2. The molecule has 0 saturated heterocycles. The summed E-state index contributed by atoms with van der Waals surface area (Å²) in [6.45, 7) is 1.94. The molecule has 0 bridgehead atoms. The molecular weight excluding hydrogens is 368 g/mol. The largest absolute Gasteiger partial charge is 0.325 e. The Balaban J connectivity index is 1.54. The van der Waals surface area contributed by atoms with Crippen LogP contribution in [0.2, 0.25) is 5.02 Å². The Morgan fingerprint density at radius 3 is 2.85 bits per heavy atom. The highest BCUT2D eigenvalue weighted by Gasteiger charge is 2.18.